The number of anilines is 2. The van der Waals surface area contributed by atoms with Gasteiger partial charge in [-0.05, 0) is 24.3 Å². The molecule has 2 aromatic carbocycles. The minimum absolute atomic E-state index is 0.0542. The highest BCUT2D eigenvalue weighted by Gasteiger charge is 2.23. The summed E-state index contributed by atoms with van der Waals surface area (Å²) in [5.74, 6) is -0.553. The van der Waals surface area contributed by atoms with E-state index in [1.54, 1.807) is 0 Å². The number of rotatable bonds is 5. The highest BCUT2D eigenvalue weighted by atomic mass is 35.5. The van der Waals surface area contributed by atoms with Gasteiger partial charge in [0.05, 0.1) is 17.3 Å². The zero-order valence-electron chi connectivity index (χ0n) is 13.1. The summed E-state index contributed by atoms with van der Waals surface area (Å²) < 4.78 is 30.6. The zero-order chi connectivity index (χ0) is 18.2. The largest absolute Gasteiger partial charge is 0.504 e. The van der Waals surface area contributed by atoms with Crippen molar-refractivity contribution in [3.63, 3.8) is 0 Å². The first-order chi connectivity index (χ1) is 11.3. The number of sulfonamides is 1. The van der Waals surface area contributed by atoms with Crippen LogP contribution in [-0.2, 0) is 14.8 Å². The number of nitrogens with two attached hydrogens (primary N) is 2. The Hall–Kier alpha value is -2.00. The van der Waals surface area contributed by atoms with Gasteiger partial charge in [0.1, 0.15) is 4.90 Å². The topological polar surface area (TPSA) is 128 Å². The number of methoxy groups -OCH3 is 1. The highest BCUT2D eigenvalue weighted by Crippen LogP contribution is 2.34. The van der Waals surface area contributed by atoms with Crippen LogP contribution in [0.5, 0.6) is 5.75 Å². The fourth-order valence-corrected chi connectivity index (χ4v) is 3.27. The van der Waals surface area contributed by atoms with Gasteiger partial charge in [0.2, 0.25) is 10.0 Å². The summed E-state index contributed by atoms with van der Waals surface area (Å²) >= 11 is 5.73. The maximum atomic E-state index is 11.8. The Morgan fingerprint density at radius 1 is 1.17 bits per heavy atom. The predicted molar refractivity (Wildman–Crippen MR) is 95.4 cm³/mol. The Morgan fingerprint density at radius 2 is 1.79 bits per heavy atom. The van der Waals surface area contributed by atoms with E-state index in [9.17, 15) is 13.5 Å². The molecular weight excluding hydrogens is 354 g/mol. The minimum atomic E-state index is -3.91. The van der Waals surface area contributed by atoms with Crippen molar-refractivity contribution in [1.82, 2.24) is 4.72 Å². The molecular formula is C15H20ClN3O4S. The molecule has 9 heteroatoms. The van der Waals surface area contributed by atoms with E-state index in [2.05, 4.69) is 4.72 Å². The van der Waals surface area contributed by atoms with Gasteiger partial charge < -0.3 is 21.3 Å². The van der Waals surface area contributed by atoms with Crippen LogP contribution in [0.15, 0.2) is 47.4 Å². The monoisotopic (exact) mass is 373 g/mol. The number of phenolic OH excluding ortho intramolecular Hbond substituents is 1. The van der Waals surface area contributed by atoms with Gasteiger partial charge in [-0.1, -0.05) is 29.8 Å². The number of nitrogen functional groups attached to an aromatic ring is 2. The number of nitrogens with one attached hydrogen (secondary N) is 1. The van der Waals surface area contributed by atoms with Crippen LogP contribution in [0.4, 0.5) is 11.4 Å². The Balaban J connectivity index is 0.000000341. The average Bonchev–Trinajstić information content (AvgIpc) is 2.53. The Morgan fingerprint density at radius 3 is 2.29 bits per heavy atom. The first kappa shape index (κ1) is 20.0. The van der Waals surface area contributed by atoms with E-state index >= 15 is 0 Å². The zero-order valence-corrected chi connectivity index (χ0v) is 14.6. The number of hydrogen-bond acceptors (Lipinski definition) is 6. The molecule has 0 amide bonds. The van der Waals surface area contributed by atoms with E-state index in [-0.39, 0.29) is 23.9 Å². The molecule has 0 aliphatic carbocycles. The second-order valence-corrected chi connectivity index (χ2v) is 6.73. The number of aromatic hydroxyl groups is 1. The van der Waals surface area contributed by atoms with Crippen LogP contribution in [0.25, 0.3) is 0 Å². The third-order valence-corrected chi connectivity index (χ3v) is 4.74. The molecule has 132 valence electrons. The molecule has 0 unspecified atom stereocenters. The average molecular weight is 374 g/mol. The van der Waals surface area contributed by atoms with Gasteiger partial charge >= 0.3 is 0 Å². The molecule has 0 radical (unpaired) electrons. The SMILES string of the molecule is COCCNS(=O)(=O)c1c(Cl)ccc(N)c1O.Nc1ccccc1. The van der Waals surface area contributed by atoms with Gasteiger partial charge in [0, 0.05) is 19.3 Å². The number of benzene rings is 2. The first-order valence-corrected chi connectivity index (χ1v) is 8.71. The van der Waals surface area contributed by atoms with Crippen molar-refractivity contribution in [2.24, 2.45) is 0 Å². The lowest BCUT2D eigenvalue weighted by Gasteiger charge is -2.11. The first-order valence-electron chi connectivity index (χ1n) is 6.85. The number of phenols is 1. The molecule has 0 fully saturated rings. The van der Waals surface area contributed by atoms with E-state index < -0.39 is 20.7 Å². The summed E-state index contributed by atoms with van der Waals surface area (Å²) in [4.78, 5) is -0.421. The Bertz CT molecular complexity index is 755. The molecule has 0 spiro atoms. The standard InChI is InChI=1S/C9H13ClN2O4S.C6H7N/c1-16-5-4-12-17(14,15)9-6(10)2-3-7(11)8(9)13;7-6-4-2-1-3-5-6/h2-3,12-13H,4-5,11H2,1H3;1-5H,7H2. The molecule has 2 rings (SSSR count). The van der Waals surface area contributed by atoms with Crippen LogP contribution in [-0.4, -0.2) is 33.8 Å². The quantitative estimate of drug-likeness (QED) is 0.359. The van der Waals surface area contributed by atoms with Crippen LogP contribution < -0.4 is 16.2 Å². The van der Waals surface area contributed by atoms with E-state index in [1.807, 2.05) is 30.3 Å². The van der Waals surface area contributed by atoms with Gasteiger partial charge in [-0.2, -0.15) is 0 Å². The molecule has 0 bridgehead atoms. The van der Waals surface area contributed by atoms with Gasteiger partial charge in [0.15, 0.2) is 5.75 Å². The van der Waals surface area contributed by atoms with Crippen LogP contribution in [0.1, 0.15) is 0 Å². The van der Waals surface area contributed by atoms with E-state index in [4.69, 9.17) is 27.8 Å². The number of para-hydroxylation sites is 1. The van der Waals surface area contributed by atoms with Gasteiger partial charge in [-0.15, -0.1) is 0 Å². The lowest BCUT2D eigenvalue weighted by molar-refractivity contribution is 0.204. The van der Waals surface area contributed by atoms with Crippen molar-refractivity contribution in [3.05, 3.63) is 47.5 Å². The van der Waals surface area contributed by atoms with E-state index in [1.165, 1.54) is 19.2 Å². The van der Waals surface area contributed by atoms with Crippen molar-refractivity contribution < 1.29 is 18.3 Å². The van der Waals surface area contributed by atoms with Crippen LogP contribution in [0.3, 0.4) is 0 Å². The number of hydrogen-bond donors (Lipinski definition) is 4. The molecule has 0 saturated carbocycles. The van der Waals surface area contributed by atoms with Crippen LogP contribution in [0, 0.1) is 0 Å². The lowest BCUT2D eigenvalue weighted by atomic mass is 10.3. The maximum Gasteiger partial charge on any atom is 0.245 e. The molecule has 0 aromatic heterocycles. The number of ether oxygens (including phenoxy) is 1. The lowest BCUT2D eigenvalue weighted by Crippen LogP contribution is -2.27. The summed E-state index contributed by atoms with van der Waals surface area (Å²) in [6, 6.07) is 12.1. The second kappa shape index (κ2) is 9.33. The summed E-state index contributed by atoms with van der Waals surface area (Å²) in [6.45, 7) is 0.281. The van der Waals surface area contributed by atoms with Crippen molar-refractivity contribution in [1.29, 1.82) is 0 Å². The molecule has 24 heavy (non-hydrogen) atoms. The van der Waals surface area contributed by atoms with Crippen LogP contribution in [0.2, 0.25) is 5.02 Å². The Kier molecular flexibility index (Phi) is 7.80. The fraction of sp³-hybridized carbons (Fsp3) is 0.200. The fourth-order valence-electron chi connectivity index (χ4n) is 1.62. The molecule has 0 aliphatic heterocycles. The van der Waals surface area contributed by atoms with Crippen molar-refractivity contribution >= 4 is 33.0 Å². The summed E-state index contributed by atoms with van der Waals surface area (Å²) in [5.41, 5.74) is 11.5. The molecule has 2 aromatic rings. The third-order valence-electron chi connectivity index (χ3n) is 2.78. The van der Waals surface area contributed by atoms with Gasteiger partial charge in [0.25, 0.3) is 0 Å². The normalized spacial score (nSPS) is 10.8. The molecule has 0 aliphatic rings. The molecule has 0 saturated heterocycles. The van der Waals surface area contributed by atoms with E-state index in [0.717, 1.165) is 5.69 Å². The smallest absolute Gasteiger partial charge is 0.245 e. The summed E-state index contributed by atoms with van der Waals surface area (Å²) in [7, 11) is -2.46. The third kappa shape index (κ3) is 5.89. The highest BCUT2D eigenvalue weighted by molar-refractivity contribution is 7.89. The summed E-state index contributed by atoms with van der Waals surface area (Å²) in [5, 5.41) is 9.51. The van der Waals surface area contributed by atoms with Gasteiger partial charge in [-0.25, -0.2) is 13.1 Å². The second-order valence-electron chi connectivity index (χ2n) is 4.62. The van der Waals surface area contributed by atoms with Crippen molar-refractivity contribution in [2.45, 2.75) is 4.90 Å². The predicted octanol–water partition coefficient (Wildman–Crippen LogP) is 1.82. The maximum absolute atomic E-state index is 11.8. The van der Waals surface area contributed by atoms with Crippen molar-refractivity contribution in [3.8, 4) is 5.75 Å². The molecule has 6 N–H and O–H groups in total. The number of halogens is 1. The molecule has 7 nitrogen and oxygen atoms in total. The Labute approximate surface area is 146 Å². The van der Waals surface area contributed by atoms with Crippen LogP contribution >= 0.6 is 11.6 Å². The molecule has 0 atom stereocenters. The minimum Gasteiger partial charge on any atom is -0.504 e. The van der Waals surface area contributed by atoms with E-state index in [0.29, 0.717) is 0 Å². The molecule has 0 heterocycles. The summed E-state index contributed by atoms with van der Waals surface area (Å²) in [6.07, 6.45) is 0. The van der Waals surface area contributed by atoms with Gasteiger partial charge in [-0.3, -0.25) is 0 Å². The van der Waals surface area contributed by atoms with Crippen molar-refractivity contribution in [2.75, 3.05) is 31.7 Å².